The number of anilines is 1. The van der Waals surface area contributed by atoms with Crippen molar-refractivity contribution in [3.63, 3.8) is 0 Å². The zero-order valence-corrected chi connectivity index (χ0v) is 20.6. The van der Waals surface area contributed by atoms with Crippen molar-refractivity contribution in [1.29, 1.82) is 0 Å². The summed E-state index contributed by atoms with van der Waals surface area (Å²) in [6.45, 7) is 7.06. The number of thiophene rings is 1. The largest absolute Gasteiger partial charge is 0.484 e. The third-order valence-corrected chi connectivity index (χ3v) is 8.86. The first-order valence-electron chi connectivity index (χ1n) is 10.8. The zero-order chi connectivity index (χ0) is 23.6. The molecule has 1 N–H and O–H groups in total. The summed E-state index contributed by atoms with van der Waals surface area (Å²) in [7, 11) is -3.50. The van der Waals surface area contributed by atoms with Gasteiger partial charge in [0.1, 0.15) is 9.96 Å². The monoisotopic (exact) mass is 484 g/mol. The van der Waals surface area contributed by atoms with Gasteiger partial charge >= 0.3 is 0 Å². The van der Waals surface area contributed by atoms with E-state index in [0.29, 0.717) is 28.6 Å². The highest BCUT2D eigenvalue weighted by atomic mass is 32.2. The fourth-order valence-electron chi connectivity index (χ4n) is 3.75. The maximum absolute atomic E-state index is 12.9. The van der Waals surface area contributed by atoms with E-state index in [0.717, 1.165) is 11.1 Å². The summed E-state index contributed by atoms with van der Waals surface area (Å²) < 4.78 is 33.2. The molecule has 1 aliphatic heterocycles. The molecular formula is C25H28N2O4S2. The quantitative estimate of drug-likeness (QED) is 0.545. The minimum atomic E-state index is -3.50. The minimum Gasteiger partial charge on any atom is -0.484 e. The zero-order valence-electron chi connectivity index (χ0n) is 19.0. The topological polar surface area (TPSA) is 75.7 Å². The Kier molecular flexibility index (Phi) is 6.61. The van der Waals surface area contributed by atoms with Crippen LogP contribution in [0.15, 0.2) is 64.2 Å². The van der Waals surface area contributed by atoms with E-state index in [1.54, 1.807) is 17.5 Å². The molecule has 174 valence electrons. The van der Waals surface area contributed by atoms with E-state index in [9.17, 15) is 13.2 Å². The van der Waals surface area contributed by atoms with Gasteiger partial charge in [0, 0.05) is 18.8 Å². The molecule has 0 saturated heterocycles. The van der Waals surface area contributed by atoms with Crippen LogP contribution in [0.1, 0.15) is 37.5 Å². The molecule has 1 aromatic heterocycles. The van der Waals surface area contributed by atoms with Crippen LogP contribution in [0.3, 0.4) is 0 Å². The SMILES string of the molecule is CC(C)(C)c1ccc(OCC(=O)Nc2ccc3c(c2)CN(S(=O)(=O)c2cccs2)CC3)cc1. The van der Waals surface area contributed by atoms with E-state index in [1.807, 2.05) is 42.5 Å². The second-order valence-electron chi connectivity index (χ2n) is 9.12. The molecule has 3 aromatic rings. The van der Waals surface area contributed by atoms with Gasteiger partial charge in [0.15, 0.2) is 6.61 Å². The minimum absolute atomic E-state index is 0.0566. The molecule has 1 amide bonds. The third kappa shape index (κ3) is 5.46. The summed E-state index contributed by atoms with van der Waals surface area (Å²) in [6, 6.07) is 16.8. The Balaban J connectivity index is 1.38. The molecule has 6 nitrogen and oxygen atoms in total. The number of fused-ring (bicyclic) bond motifs is 1. The van der Waals surface area contributed by atoms with Crippen molar-refractivity contribution in [3.8, 4) is 5.75 Å². The Labute approximate surface area is 199 Å². The summed E-state index contributed by atoms with van der Waals surface area (Å²) in [4.78, 5) is 12.4. The van der Waals surface area contributed by atoms with Gasteiger partial charge in [0.05, 0.1) is 0 Å². The number of carbonyl (C=O) groups is 1. The lowest BCUT2D eigenvalue weighted by Gasteiger charge is -2.28. The molecule has 0 fully saturated rings. The normalized spacial score (nSPS) is 14.5. The average Bonchev–Trinajstić information content (AvgIpc) is 3.33. The lowest BCUT2D eigenvalue weighted by atomic mass is 9.87. The van der Waals surface area contributed by atoms with Crippen LogP contribution in [-0.4, -0.2) is 31.8 Å². The van der Waals surface area contributed by atoms with Gasteiger partial charge in [0.25, 0.3) is 15.9 Å². The molecule has 8 heteroatoms. The lowest BCUT2D eigenvalue weighted by Crippen LogP contribution is -2.35. The molecule has 2 aromatic carbocycles. The predicted octanol–water partition coefficient (Wildman–Crippen LogP) is 4.81. The second kappa shape index (κ2) is 9.29. The molecule has 33 heavy (non-hydrogen) atoms. The molecule has 0 unspecified atom stereocenters. The highest BCUT2D eigenvalue weighted by Crippen LogP contribution is 2.29. The Morgan fingerprint density at radius 2 is 1.85 bits per heavy atom. The van der Waals surface area contributed by atoms with E-state index < -0.39 is 10.0 Å². The van der Waals surface area contributed by atoms with E-state index in [4.69, 9.17) is 4.74 Å². The molecule has 2 heterocycles. The summed E-state index contributed by atoms with van der Waals surface area (Å²) >= 11 is 1.22. The molecule has 0 aliphatic carbocycles. The number of carbonyl (C=O) groups excluding carboxylic acids is 1. The number of amides is 1. The number of sulfonamides is 1. The molecular weight excluding hydrogens is 456 g/mol. The van der Waals surface area contributed by atoms with Crippen molar-refractivity contribution < 1.29 is 17.9 Å². The molecule has 1 aliphatic rings. The highest BCUT2D eigenvalue weighted by molar-refractivity contribution is 7.91. The summed E-state index contributed by atoms with van der Waals surface area (Å²) in [5, 5.41) is 4.61. The van der Waals surface area contributed by atoms with Crippen molar-refractivity contribution in [3.05, 3.63) is 76.7 Å². The molecule has 0 saturated carbocycles. The molecule has 0 radical (unpaired) electrons. The van der Waals surface area contributed by atoms with Crippen LogP contribution in [0, 0.1) is 0 Å². The molecule has 0 bridgehead atoms. The average molecular weight is 485 g/mol. The fourth-order valence-corrected chi connectivity index (χ4v) is 6.31. The number of benzene rings is 2. The number of hydrogen-bond acceptors (Lipinski definition) is 5. The molecule has 0 atom stereocenters. The van der Waals surface area contributed by atoms with Crippen molar-refractivity contribution in [2.45, 2.75) is 43.4 Å². The van der Waals surface area contributed by atoms with Crippen molar-refractivity contribution in [1.82, 2.24) is 4.31 Å². The van der Waals surface area contributed by atoms with Crippen LogP contribution in [-0.2, 0) is 33.2 Å². The fraction of sp³-hybridized carbons (Fsp3) is 0.320. The van der Waals surface area contributed by atoms with E-state index in [1.165, 1.54) is 21.2 Å². The van der Waals surface area contributed by atoms with E-state index >= 15 is 0 Å². The Hall–Kier alpha value is -2.68. The molecule has 4 rings (SSSR count). The van der Waals surface area contributed by atoms with Crippen molar-refractivity contribution in [2.24, 2.45) is 0 Å². The van der Waals surface area contributed by atoms with Crippen LogP contribution >= 0.6 is 11.3 Å². The van der Waals surface area contributed by atoms with Gasteiger partial charge in [-0.25, -0.2) is 8.42 Å². The van der Waals surface area contributed by atoms with Crippen LogP contribution in [0.5, 0.6) is 5.75 Å². The number of nitrogens with one attached hydrogen (secondary N) is 1. The third-order valence-electron chi connectivity index (χ3n) is 5.65. The maximum atomic E-state index is 12.9. The first kappa shape index (κ1) is 23.5. The standard InChI is InChI=1S/C25H28N2O4S2/c1-25(2,3)20-7-10-22(11-8-20)31-17-23(28)26-21-9-6-18-12-13-27(16-19(18)15-21)33(29,30)24-5-4-14-32-24/h4-11,14-15H,12-13,16-17H2,1-3H3,(H,26,28). The van der Waals surface area contributed by atoms with Gasteiger partial charge in [-0.2, -0.15) is 4.31 Å². The van der Waals surface area contributed by atoms with Gasteiger partial charge < -0.3 is 10.1 Å². The van der Waals surface area contributed by atoms with Crippen molar-refractivity contribution in [2.75, 3.05) is 18.5 Å². The van der Waals surface area contributed by atoms with Gasteiger partial charge in [-0.05, 0) is 64.2 Å². The molecule has 0 spiro atoms. The van der Waals surface area contributed by atoms with Crippen LogP contribution < -0.4 is 10.1 Å². The summed E-state index contributed by atoms with van der Waals surface area (Å²) in [5.74, 6) is 0.367. The Bertz CT molecular complexity index is 1230. The summed E-state index contributed by atoms with van der Waals surface area (Å²) in [5.41, 5.74) is 3.88. The smallest absolute Gasteiger partial charge is 0.262 e. The lowest BCUT2D eigenvalue weighted by molar-refractivity contribution is -0.118. The van der Waals surface area contributed by atoms with Gasteiger partial charge in [-0.15, -0.1) is 11.3 Å². The van der Waals surface area contributed by atoms with Crippen LogP contribution in [0.25, 0.3) is 0 Å². The second-order valence-corrected chi connectivity index (χ2v) is 12.2. The highest BCUT2D eigenvalue weighted by Gasteiger charge is 2.29. The van der Waals surface area contributed by atoms with Gasteiger partial charge in [-0.1, -0.05) is 45.0 Å². The van der Waals surface area contributed by atoms with E-state index in [-0.39, 0.29) is 24.5 Å². The number of nitrogens with zero attached hydrogens (tertiary/aromatic N) is 1. The van der Waals surface area contributed by atoms with Crippen LogP contribution in [0.2, 0.25) is 0 Å². The van der Waals surface area contributed by atoms with E-state index in [2.05, 4.69) is 26.1 Å². The van der Waals surface area contributed by atoms with Crippen LogP contribution in [0.4, 0.5) is 5.69 Å². The van der Waals surface area contributed by atoms with Gasteiger partial charge in [-0.3, -0.25) is 4.79 Å². The number of rotatable bonds is 6. The first-order chi connectivity index (χ1) is 15.6. The Morgan fingerprint density at radius 3 is 2.52 bits per heavy atom. The first-order valence-corrected chi connectivity index (χ1v) is 13.1. The van der Waals surface area contributed by atoms with Gasteiger partial charge in [0.2, 0.25) is 0 Å². The summed E-state index contributed by atoms with van der Waals surface area (Å²) in [6.07, 6.45) is 0.641. The Morgan fingerprint density at radius 1 is 1.09 bits per heavy atom. The predicted molar refractivity (Wildman–Crippen MR) is 131 cm³/mol. The van der Waals surface area contributed by atoms with Crippen molar-refractivity contribution >= 4 is 33.0 Å². The maximum Gasteiger partial charge on any atom is 0.262 e. The number of hydrogen-bond donors (Lipinski definition) is 1. The number of ether oxygens (including phenoxy) is 1.